The van der Waals surface area contributed by atoms with E-state index in [0.29, 0.717) is 16.8 Å². The van der Waals surface area contributed by atoms with E-state index in [1.54, 1.807) is 24.6 Å². The van der Waals surface area contributed by atoms with Crippen molar-refractivity contribution >= 4 is 0 Å². The molecule has 1 heteroatoms. The first-order valence-corrected chi connectivity index (χ1v) is 10.5. The van der Waals surface area contributed by atoms with Crippen LogP contribution >= 0.6 is 0 Å². The van der Waals surface area contributed by atoms with Gasteiger partial charge in [-0.15, -0.1) is 0 Å². The Balaban J connectivity index is 2.47. The molecule has 1 nitrogen and oxygen atoms in total. The largest absolute Gasteiger partial charge is 0.212 e. The Labute approximate surface area is 232 Å². The van der Waals surface area contributed by atoms with Crippen molar-refractivity contribution in [1.82, 2.24) is 0 Å². The summed E-state index contributed by atoms with van der Waals surface area (Å²) < 4.78 is 193. The summed E-state index contributed by atoms with van der Waals surface area (Å²) in [5, 5.41) is 0. The van der Waals surface area contributed by atoms with Crippen LogP contribution in [0.2, 0.25) is 0 Å². The molecule has 0 amide bonds. The monoisotopic (exact) mass is 462 g/mol. The molecule has 1 aromatic heterocycles. The summed E-state index contributed by atoms with van der Waals surface area (Å²) in [5.74, 6) is 0. The fourth-order valence-corrected chi connectivity index (χ4v) is 3.94. The molecule has 0 spiro atoms. The number of aryl methyl sites for hydroxylation is 3. The van der Waals surface area contributed by atoms with Gasteiger partial charge in [0.25, 0.3) is 0 Å². The summed E-state index contributed by atoms with van der Waals surface area (Å²) in [6, 6.07) is 1.75. The van der Waals surface area contributed by atoms with Crippen molar-refractivity contribution in [3.8, 4) is 22.4 Å². The Morgan fingerprint density at radius 3 is 2.24 bits per heavy atom. The van der Waals surface area contributed by atoms with Crippen molar-refractivity contribution in [2.24, 2.45) is 7.05 Å². The zero-order chi connectivity index (χ0) is 43.0. The fourth-order valence-electron chi connectivity index (χ4n) is 3.94. The highest BCUT2D eigenvalue weighted by Crippen LogP contribution is 2.47. The molecule has 0 fully saturated rings. The molecule has 0 saturated carbocycles. The molecule has 3 aromatic rings. The van der Waals surface area contributed by atoms with E-state index in [2.05, 4.69) is 0 Å². The van der Waals surface area contributed by atoms with Gasteiger partial charge >= 0.3 is 0 Å². The van der Waals surface area contributed by atoms with Gasteiger partial charge in [0.05, 0.1) is 4.11 Å². The van der Waals surface area contributed by atoms with Gasteiger partial charge in [0, 0.05) is 43.2 Å². The SMILES string of the molecule is [2H]c1c([2H])c2c(c([2H])c1-c1cc(-c3ccc(C(C)(C)C)c[n+]3C)c(C)cc1C([2H])([2H])[2H])C(C([2H])([2H])[2H])(C([2H])([2H])[2H])C([2H])([2H])C([2H])([2H])C2(C([2H])([2H])[2H])C([2H])([2H])[2H]. The number of pyridine rings is 1. The highest BCUT2D eigenvalue weighted by Gasteiger charge is 2.37. The number of hydrogen-bond acceptors (Lipinski definition) is 0. The number of nitrogens with zero attached hydrogens (tertiary/aromatic N) is 1. The summed E-state index contributed by atoms with van der Waals surface area (Å²) in [6.45, 7) is -12.4. The summed E-state index contributed by atoms with van der Waals surface area (Å²) >= 11 is 0. The van der Waals surface area contributed by atoms with Gasteiger partial charge in [-0.3, -0.25) is 0 Å². The van der Waals surface area contributed by atoms with Crippen LogP contribution in [0.5, 0.6) is 0 Å². The third kappa shape index (κ3) is 4.27. The maximum Gasteiger partial charge on any atom is 0.212 e. The van der Waals surface area contributed by atoms with Crippen molar-refractivity contribution in [2.45, 2.75) is 90.9 Å². The second-order valence-electron chi connectivity index (χ2n) is 9.63. The van der Waals surface area contributed by atoms with E-state index in [-0.39, 0.29) is 5.41 Å². The minimum Gasteiger partial charge on any atom is -0.201 e. The molecule has 2 aromatic carbocycles. The number of benzene rings is 2. The van der Waals surface area contributed by atoms with Crippen molar-refractivity contribution in [1.29, 1.82) is 0 Å². The molecule has 33 heavy (non-hydrogen) atoms. The standard InChI is InChI=1S/C32H42N/c1-21-17-22(2)26(29-14-12-24(20-33(29)10)30(3,4)5)19-25(21)23-11-13-27-28(18-23)32(8,9)16-15-31(27,6)7/h11-14,17-20H,15-16H2,1-10H3/q+1/i1D3,6D3,7D3,8D3,9D3,11D,13D,15D2,16D2,18D. The molecule has 0 saturated heterocycles. The quantitative estimate of drug-likeness (QED) is 0.339. The molecular weight excluding hydrogens is 398 g/mol. The van der Waals surface area contributed by atoms with E-state index in [1.807, 2.05) is 33.0 Å². The molecule has 0 bridgehead atoms. The molecule has 1 aliphatic carbocycles. The second kappa shape index (κ2) is 7.83. The minimum absolute atomic E-state index is 0.285. The van der Waals surface area contributed by atoms with E-state index in [0.717, 1.165) is 5.56 Å². The average molecular weight is 463 g/mol. The van der Waals surface area contributed by atoms with Crippen LogP contribution in [0.4, 0.5) is 0 Å². The first kappa shape index (κ1) is 8.67. The molecule has 0 unspecified atom stereocenters. The predicted octanol–water partition coefficient (Wildman–Crippen LogP) is 8.11. The molecular formula is C32H42N+. The first-order valence-electron chi connectivity index (χ1n) is 21.5. The maximum absolute atomic E-state index is 9.53. The van der Waals surface area contributed by atoms with Crippen LogP contribution in [-0.2, 0) is 23.3 Å². The third-order valence-corrected chi connectivity index (χ3v) is 5.91. The lowest BCUT2D eigenvalue weighted by Crippen LogP contribution is -2.33. The number of fused-ring (bicyclic) bond motifs is 1. The van der Waals surface area contributed by atoms with Gasteiger partial charge in [-0.05, 0) is 88.3 Å². The summed E-state index contributed by atoms with van der Waals surface area (Å²) in [4.78, 5) is 0. The Morgan fingerprint density at radius 2 is 1.64 bits per heavy atom. The van der Waals surface area contributed by atoms with Crippen LogP contribution in [-0.4, -0.2) is 0 Å². The van der Waals surface area contributed by atoms with E-state index in [4.69, 9.17) is 26.0 Å². The van der Waals surface area contributed by atoms with Crippen molar-refractivity contribution in [3.63, 3.8) is 0 Å². The molecule has 174 valence electrons. The van der Waals surface area contributed by atoms with E-state index in [1.165, 1.54) is 12.1 Å². The molecule has 4 rings (SSSR count). The van der Waals surface area contributed by atoms with E-state index in [9.17, 15) is 4.11 Å². The third-order valence-electron chi connectivity index (χ3n) is 5.91. The number of aromatic nitrogens is 1. The summed E-state index contributed by atoms with van der Waals surface area (Å²) in [7, 11) is 1.70. The van der Waals surface area contributed by atoms with Gasteiger partial charge in [-0.1, -0.05) is 72.4 Å². The van der Waals surface area contributed by atoms with Gasteiger partial charge in [0.2, 0.25) is 5.69 Å². The predicted molar refractivity (Wildman–Crippen MR) is 142 cm³/mol. The Bertz CT molecular complexity index is 2010. The lowest BCUT2D eigenvalue weighted by Gasteiger charge is -2.42. The molecule has 0 aliphatic heterocycles. The van der Waals surface area contributed by atoms with Crippen molar-refractivity contribution in [2.75, 3.05) is 0 Å². The Morgan fingerprint density at radius 1 is 0.939 bits per heavy atom. The van der Waals surface area contributed by atoms with E-state index >= 15 is 0 Å². The highest BCUT2D eigenvalue weighted by atomic mass is 14.9. The van der Waals surface area contributed by atoms with Crippen LogP contribution < -0.4 is 4.57 Å². The molecule has 0 atom stereocenters. The second-order valence-corrected chi connectivity index (χ2v) is 9.63. The Kier molecular flexibility index (Phi) is 2.06. The van der Waals surface area contributed by atoms with Gasteiger partial charge in [0.1, 0.15) is 7.05 Å². The van der Waals surface area contributed by atoms with Crippen LogP contribution in [0.25, 0.3) is 22.4 Å². The lowest BCUT2D eigenvalue weighted by atomic mass is 9.63. The van der Waals surface area contributed by atoms with Crippen LogP contribution in [0.1, 0.15) is 119 Å². The van der Waals surface area contributed by atoms with Crippen molar-refractivity contribution in [3.05, 3.63) is 76.4 Å². The normalized spacial score (nSPS) is 31.8. The minimum atomic E-state index is -4.50. The Hall–Kier alpha value is -2.41. The zero-order valence-corrected chi connectivity index (χ0v) is 19.3. The van der Waals surface area contributed by atoms with E-state index < -0.39 is 104 Å². The van der Waals surface area contributed by atoms with Gasteiger partial charge in [0.15, 0.2) is 6.20 Å². The average Bonchev–Trinajstić information content (AvgIpc) is 2.93. The number of hydrogen-bond donors (Lipinski definition) is 0. The van der Waals surface area contributed by atoms with Crippen LogP contribution in [0.3, 0.4) is 0 Å². The number of rotatable bonds is 2. The van der Waals surface area contributed by atoms with Crippen molar-refractivity contribution < 1.29 is 34.7 Å². The maximum atomic E-state index is 9.53. The van der Waals surface area contributed by atoms with Gasteiger partial charge < -0.3 is 0 Å². The fraction of sp³-hybridized carbons (Fsp3) is 0.469. The van der Waals surface area contributed by atoms with Gasteiger partial charge in [-0.2, -0.15) is 0 Å². The first-order chi connectivity index (χ1) is 24.2. The highest BCUT2D eigenvalue weighted by molar-refractivity contribution is 5.76. The topological polar surface area (TPSA) is 3.88 Å². The smallest absolute Gasteiger partial charge is 0.201 e. The molecule has 0 radical (unpaired) electrons. The van der Waals surface area contributed by atoms with Crippen LogP contribution in [0.15, 0.2) is 48.6 Å². The lowest BCUT2D eigenvalue weighted by molar-refractivity contribution is -0.661. The molecule has 1 heterocycles. The summed E-state index contributed by atoms with van der Waals surface area (Å²) in [5.41, 5.74) is -12.1. The van der Waals surface area contributed by atoms with Gasteiger partial charge in [-0.25, -0.2) is 4.57 Å². The van der Waals surface area contributed by atoms with Crippen LogP contribution in [0, 0.1) is 13.8 Å². The molecule has 0 N–H and O–H groups in total. The summed E-state index contributed by atoms with van der Waals surface area (Å²) in [6.07, 6.45) is -7.15. The zero-order valence-electron chi connectivity index (χ0n) is 41.3. The molecule has 1 aliphatic rings.